The summed E-state index contributed by atoms with van der Waals surface area (Å²) in [6.07, 6.45) is 3.32. The van der Waals surface area contributed by atoms with Crippen molar-refractivity contribution >= 4 is 10.0 Å². The average molecular weight is 331 g/mol. The van der Waals surface area contributed by atoms with E-state index in [0.717, 1.165) is 25.3 Å². The van der Waals surface area contributed by atoms with Crippen molar-refractivity contribution in [3.05, 3.63) is 17.9 Å². The summed E-state index contributed by atoms with van der Waals surface area (Å²) >= 11 is 0. The molecule has 1 fully saturated rings. The van der Waals surface area contributed by atoms with E-state index in [1.54, 1.807) is 0 Å². The van der Waals surface area contributed by atoms with E-state index in [4.69, 9.17) is 9.47 Å². The Kier molecular flexibility index (Phi) is 5.28. The van der Waals surface area contributed by atoms with Crippen LogP contribution in [0.4, 0.5) is 4.39 Å². The highest BCUT2D eigenvalue weighted by Gasteiger charge is 2.35. The molecule has 1 heterocycles. The molecule has 0 saturated carbocycles. The van der Waals surface area contributed by atoms with Gasteiger partial charge < -0.3 is 9.47 Å². The summed E-state index contributed by atoms with van der Waals surface area (Å²) in [5.74, 6) is -0.449. The van der Waals surface area contributed by atoms with Crippen LogP contribution < -0.4 is 9.47 Å². The Hall–Kier alpha value is -1.34. The zero-order valence-corrected chi connectivity index (χ0v) is 14.0. The molecular formula is C15H22FNO4S. The molecule has 1 saturated heterocycles. The number of hydrogen-bond donors (Lipinski definition) is 0. The topological polar surface area (TPSA) is 55.8 Å². The summed E-state index contributed by atoms with van der Waals surface area (Å²) < 4.78 is 51.5. The molecule has 0 N–H and O–H groups in total. The van der Waals surface area contributed by atoms with Gasteiger partial charge in [0, 0.05) is 24.7 Å². The number of rotatable bonds is 5. The van der Waals surface area contributed by atoms with Crippen LogP contribution in [0.5, 0.6) is 11.5 Å². The minimum absolute atomic E-state index is 0.0775. The van der Waals surface area contributed by atoms with Gasteiger partial charge in [-0.2, -0.15) is 4.31 Å². The van der Waals surface area contributed by atoms with Gasteiger partial charge in [0.15, 0.2) is 11.5 Å². The maximum atomic E-state index is 14.3. The normalized spacial score (nSPS) is 19.9. The third kappa shape index (κ3) is 3.05. The van der Waals surface area contributed by atoms with Crippen molar-refractivity contribution in [1.82, 2.24) is 4.31 Å². The van der Waals surface area contributed by atoms with Crippen LogP contribution in [0.15, 0.2) is 17.0 Å². The van der Waals surface area contributed by atoms with Crippen LogP contribution >= 0.6 is 0 Å². The molecule has 5 nitrogen and oxygen atoms in total. The Labute approximate surface area is 131 Å². The van der Waals surface area contributed by atoms with E-state index in [0.29, 0.717) is 13.0 Å². The van der Waals surface area contributed by atoms with Crippen LogP contribution in [0.3, 0.4) is 0 Å². The molecule has 2 rings (SSSR count). The van der Waals surface area contributed by atoms with Gasteiger partial charge in [-0.3, -0.25) is 0 Å². The average Bonchev–Trinajstić information content (AvgIpc) is 2.54. The van der Waals surface area contributed by atoms with E-state index in [1.807, 2.05) is 6.92 Å². The lowest BCUT2D eigenvalue weighted by atomic mass is 10.0. The standard InChI is InChI=1S/C15H22FNO4S/c1-4-11-7-5-6-8-17(11)22(18,19)15-10-14(21-3)13(20-2)9-12(15)16/h9-11H,4-8H2,1-3H3/t11-/m1/s1. The van der Waals surface area contributed by atoms with Crippen LogP contribution in [-0.2, 0) is 10.0 Å². The third-order valence-corrected chi connectivity index (χ3v) is 6.04. The minimum Gasteiger partial charge on any atom is -0.493 e. The number of halogens is 1. The van der Waals surface area contributed by atoms with E-state index in [9.17, 15) is 12.8 Å². The lowest BCUT2D eigenvalue weighted by molar-refractivity contribution is 0.245. The highest BCUT2D eigenvalue weighted by Crippen LogP contribution is 2.35. The summed E-state index contributed by atoms with van der Waals surface area (Å²) in [4.78, 5) is -0.356. The zero-order chi connectivity index (χ0) is 16.3. The first-order chi connectivity index (χ1) is 10.5. The second kappa shape index (κ2) is 6.83. The number of hydrogen-bond acceptors (Lipinski definition) is 4. The molecule has 22 heavy (non-hydrogen) atoms. The van der Waals surface area contributed by atoms with Crippen molar-refractivity contribution in [2.75, 3.05) is 20.8 Å². The van der Waals surface area contributed by atoms with E-state index >= 15 is 0 Å². The zero-order valence-electron chi connectivity index (χ0n) is 13.1. The maximum absolute atomic E-state index is 14.3. The third-order valence-electron chi connectivity index (χ3n) is 4.07. The molecule has 1 aliphatic rings. The summed E-state index contributed by atoms with van der Waals surface area (Å²) in [5.41, 5.74) is 0. The van der Waals surface area contributed by atoms with Crippen molar-refractivity contribution < 1.29 is 22.3 Å². The Morgan fingerprint density at radius 1 is 1.23 bits per heavy atom. The van der Waals surface area contributed by atoms with E-state index in [2.05, 4.69) is 0 Å². The van der Waals surface area contributed by atoms with Crippen LogP contribution in [0.25, 0.3) is 0 Å². The monoisotopic (exact) mass is 331 g/mol. The number of sulfonamides is 1. The Balaban J connectivity index is 2.48. The second-order valence-electron chi connectivity index (χ2n) is 5.31. The summed E-state index contributed by atoms with van der Waals surface area (Å²) in [6.45, 7) is 2.37. The van der Waals surface area contributed by atoms with Gasteiger partial charge >= 0.3 is 0 Å². The van der Waals surface area contributed by atoms with Gasteiger partial charge in [0.25, 0.3) is 0 Å². The summed E-state index contributed by atoms with van der Waals surface area (Å²) in [5, 5.41) is 0. The smallest absolute Gasteiger partial charge is 0.246 e. The molecule has 0 bridgehead atoms. The van der Waals surface area contributed by atoms with Gasteiger partial charge in [-0.25, -0.2) is 12.8 Å². The van der Waals surface area contributed by atoms with E-state index < -0.39 is 15.8 Å². The molecule has 7 heteroatoms. The highest BCUT2D eigenvalue weighted by atomic mass is 32.2. The summed E-state index contributed by atoms with van der Waals surface area (Å²) in [7, 11) is -1.12. The van der Waals surface area contributed by atoms with Crippen LogP contribution in [0, 0.1) is 5.82 Å². The number of nitrogens with zero attached hydrogens (tertiary/aromatic N) is 1. The van der Waals surface area contributed by atoms with Gasteiger partial charge in [0.05, 0.1) is 14.2 Å². The fourth-order valence-corrected chi connectivity index (χ4v) is 4.69. The number of piperidine rings is 1. The maximum Gasteiger partial charge on any atom is 0.246 e. The predicted octanol–water partition coefficient (Wildman–Crippen LogP) is 2.80. The molecule has 1 atom stereocenters. The first-order valence-corrected chi connectivity index (χ1v) is 8.83. The van der Waals surface area contributed by atoms with Gasteiger partial charge in [-0.05, 0) is 19.3 Å². The molecule has 0 aromatic heterocycles. The molecule has 0 aliphatic carbocycles. The Bertz CT molecular complexity index is 633. The van der Waals surface area contributed by atoms with Crippen LogP contribution in [-0.4, -0.2) is 39.5 Å². The summed E-state index contributed by atoms with van der Waals surface area (Å²) in [6, 6.07) is 2.17. The molecule has 0 spiro atoms. The second-order valence-corrected chi connectivity index (χ2v) is 7.17. The van der Waals surface area contributed by atoms with Crippen molar-refractivity contribution in [2.45, 2.75) is 43.5 Å². The molecule has 0 radical (unpaired) electrons. The molecule has 124 valence electrons. The number of benzene rings is 1. The molecule has 0 amide bonds. The Morgan fingerprint density at radius 2 is 1.86 bits per heavy atom. The van der Waals surface area contributed by atoms with Gasteiger partial charge in [-0.1, -0.05) is 13.3 Å². The van der Waals surface area contributed by atoms with E-state index in [1.165, 1.54) is 24.6 Å². The van der Waals surface area contributed by atoms with Crippen molar-refractivity contribution in [1.29, 1.82) is 0 Å². The highest BCUT2D eigenvalue weighted by molar-refractivity contribution is 7.89. The van der Waals surface area contributed by atoms with Crippen molar-refractivity contribution in [2.24, 2.45) is 0 Å². The quantitative estimate of drug-likeness (QED) is 0.832. The lowest BCUT2D eigenvalue weighted by Crippen LogP contribution is -2.43. The number of methoxy groups -OCH3 is 2. The minimum atomic E-state index is -3.89. The fourth-order valence-electron chi connectivity index (χ4n) is 2.86. The van der Waals surface area contributed by atoms with Gasteiger partial charge in [-0.15, -0.1) is 0 Å². The first kappa shape index (κ1) is 17.0. The van der Waals surface area contributed by atoms with Gasteiger partial charge in [0.1, 0.15) is 10.7 Å². The largest absolute Gasteiger partial charge is 0.493 e. The molecule has 1 aliphatic heterocycles. The van der Waals surface area contributed by atoms with Crippen molar-refractivity contribution in [3.63, 3.8) is 0 Å². The van der Waals surface area contributed by atoms with E-state index in [-0.39, 0.29) is 22.4 Å². The molecular weight excluding hydrogens is 309 g/mol. The van der Waals surface area contributed by atoms with Gasteiger partial charge in [0.2, 0.25) is 10.0 Å². The van der Waals surface area contributed by atoms with Crippen molar-refractivity contribution in [3.8, 4) is 11.5 Å². The number of ether oxygens (including phenoxy) is 2. The molecule has 1 aromatic carbocycles. The first-order valence-electron chi connectivity index (χ1n) is 7.39. The molecule has 1 aromatic rings. The SMILES string of the molecule is CC[C@@H]1CCCCN1S(=O)(=O)c1cc(OC)c(OC)cc1F. The van der Waals surface area contributed by atoms with Crippen LogP contribution in [0.2, 0.25) is 0 Å². The van der Waals surface area contributed by atoms with Crippen LogP contribution in [0.1, 0.15) is 32.6 Å². The lowest BCUT2D eigenvalue weighted by Gasteiger charge is -2.34. The Morgan fingerprint density at radius 3 is 2.45 bits per heavy atom. The fraction of sp³-hybridized carbons (Fsp3) is 0.600. The molecule has 0 unspecified atom stereocenters. The predicted molar refractivity (Wildman–Crippen MR) is 81.3 cm³/mol.